The third-order valence-electron chi connectivity index (χ3n) is 2.95. The second-order valence-electron chi connectivity index (χ2n) is 4.03. The summed E-state index contributed by atoms with van der Waals surface area (Å²) >= 11 is 0. The van der Waals surface area contributed by atoms with Crippen LogP contribution < -0.4 is 5.73 Å². The molecule has 0 aromatic heterocycles. The summed E-state index contributed by atoms with van der Waals surface area (Å²) in [6.45, 7) is 10.3. The lowest BCUT2D eigenvalue weighted by Crippen LogP contribution is -2.62. The molecule has 0 aromatic rings. The summed E-state index contributed by atoms with van der Waals surface area (Å²) in [6, 6.07) is 0. The monoisotopic (exact) mass is 185 g/mol. The molecule has 1 rings (SSSR count). The highest BCUT2D eigenvalue weighted by atomic mass is 16.5. The molecule has 76 valence electrons. The average molecular weight is 185 g/mol. The summed E-state index contributed by atoms with van der Waals surface area (Å²) in [6.07, 6.45) is 1.37. The fourth-order valence-electron chi connectivity index (χ4n) is 1.71. The van der Waals surface area contributed by atoms with Crippen molar-refractivity contribution in [3.63, 3.8) is 0 Å². The first-order valence-electron chi connectivity index (χ1n) is 4.67. The van der Waals surface area contributed by atoms with Crippen molar-refractivity contribution in [1.29, 1.82) is 0 Å². The van der Waals surface area contributed by atoms with Gasteiger partial charge >= 0.3 is 0 Å². The minimum absolute atomic E-state index is 0.0317. The van der Waals surface area contributed by atoms with Crippen LogP contribution in [-0.4, -0.2) is 24.4 Å². The third-order valence-corrected chi connectivity index (χ3v) is 2.95. The van der Waals surface area contributed by atoms with E-state index in [4.69, 9.17) is 15.2 Å². The zero-order chi connectivity index (χ0) is 10.1. The standard InChI is InChI=1S/C10H19NO2/c1-5-12-9-8(3)13-6-7(2)10(9,4)11/h5,7-9H,1,6,11H2,2-4H3. The van der Waals surface area contributed by atoms with Crippen LogP contribution in [0.15, 0.2) is 12.8 Å². The molecule has 3 heteroatoms. The molecule has 3 nitrogen and oxygen atoms in total. The van der Waals surface area contributed by atoms with Crippen LogP contribution in [0.4, 0.5) is 0 Å². The molecule has 1 aliphatic rings. The molecule has 0 spiro atoms. The van der Waals surface area contributed by atoms with Crippen molar-refractivity contribution in [2.75, 3.05) is 6.61 Å². The highest BCUT2D eigenvalue weighted by Gasteiger charge is 2.44. The summed E-state index contributed by atoms with van der Waals surface area (Å²) in [5, 5.41) is 0. The predicted octanol–water partition coefficient (Wildman–Crippen LogP) is 1.29. The molecule has 1 aliphatic heterocycles. The van der Waals surface area contributed by atoms with E-state index in [1.807, 2.05) is 13.8 Å². The first-order valence-corrected chi connectivity index (χ1v) is 4.67. The van der Waals surface area contributed by atoms with Gasteiger partial charge in [0.05, 0.1) is 24.5 Å². The Hall–Kier alpha value is -0.540. The minimum atomic E-state index is -0.341. The molecule has 0 aromatic carbocycles. The van der Waals surface area contributed by atoms with Crippen molar-refractivity contribution < 1.29 is 9.47 Å². The zero-order valence-corrected chi connectivity index (χ0v) is 8.62. The summed E-state index contributed by atoms with van der Waals surface area (Å²) < 4.78 is 10.9. The van der Waals surface area contributed by atoms with Crippen LogP contribution in [0.5, 0.6) is 0 Å². The molecule has 0 radical (unpaired) electrons. The van der Waals surface area contributed by atoms with Crippen LogP contribution >= 0.6 is 0 Å². The van der Waals surface area contributed by atoms with Crippen LogP contribution in [0.25, 0.3) is 0 Å². The van der Waals surface area contributed by atoms with E-state index in [1.54, 1.807) is 0 Å². The largest absolute Gasteiger partial charge is 0.494 e. The van der Waals surface area contributed by atoms with Gasteiger partial charge in [0.15, 0.2) is 0 Å². The van der Waals surface area contributed by atoms with E-state index in [1.165, 1.54) is 6.26 Å². The van der Waals surface area contributed by atoms with Crippen molar-refractivity contribution in [1.82, 2.24) is 0 Å². The Morgan fingerprint density at radius 3 is 2.77 bits per heavy atom. The molecule has 1 saturated heterocycles. The Balaban J connectivity index is 2.78. The Kier molecular flexibility index (Phi) is 2.98. The lowest BCUT2D eigenvalue weighted by atomic mass is 9.79. The van der Waals surface area contributed by atoms with E-state index in [0.717, 1.165) is 0 Å². The zero-order valence-electron chi connectivity index (χ0n) is 8.62. The quantitative estimate of drug-likeness (QED) is 0.659. The normalized spacial score (nSPS) is 45.7. The van der Waals surface area contributed by atoms with Gasteiger partial charge in [-0.15, -0.1) is 0 Å². The lowest BCUT2D eigenvalue weighted by Gasteiger charge is -2.45. The summed E-state index contributed by atoms with van der Waals surface area (Å²) in [5.41, 5.74) is 5.85. The van der Waals surface area contributed by atoms with Crippen LogP contribution in [0, 0.1) is 5.92 Å². The Morgan fingerprint density at radius 2 is 2.23 bits per heavy atom. The number of nitrogens with two attached hydrogens (primary N) is 1. The van der Waals surface area contributed by atoms with E-state index < -0.39 is 0 Å². The van der Waals surface area contributed by atoms with Gasteiger partial charge in [-0.3, -0.25) is 0 Å². The van der Waals surface area contributed by atoms with Crippen LogP contribution in [0.3, 0.4) is 0 Å². The Bertz CT molecular complexity index is 191. The van der Waals surface area contributed by atoms with Gasteiger partial charge in [-0.2, -0.15) is 0 Å². The lowest BCUT2D eigenvalue weighted by molar-refractivity contribution is -0.131. The maximum absolute atomic E-state index is 6.19. The molecule has 1 heterocycles. The van der Waals surface area contributed by atoms with Gasteiger partial charge in [0.25, 0.3) is 0 Å². The maximum Gasteiger partial charge on any atom is 0.141 e. The van der Waals surface area contributed by atoms with Crippen molar-refractivity contribution >= 4 is 0 Å². The number of ether oxygens (including phenoxy) is 2. The fraction of sp³-hybridized carbons (Fsp3) is 0.800. The van der Waals surface area contributed by atoms with E-state index in [0.29, 0.717) is 12.5 Å². The third kappa shape index (κ3) is 1.86. The summed E-state index contributed by atoms with van der Waals surface area (Å²) in [4.78, 5) is 0. The van der Waals surface area contributed by atoms with Gasteiger partial charge in [-0.25, -0.2) is 0 Å². The topological polar surface area (TPSA) is 44.5 Å². The molecular formula is C10H19NO2. The van der Waals surface area contributed by atoms with Crippen molar-refractivity contribution in [3.8, 4) is 0 Å². The first kappa shape index (κ1) is 10.5. The van der Waals surface area contributed by atoms with Gasteiger partial charge in [-0.1, -0.05) is 13.5 Å². The fourth-order valence-corrected chi connectivity index (χ4v) is 1.71. The molecule has 4 atom stereocenters. The first-order chi connectivity index (χ1) is 6.00. The van der Waals surface area contributed by atoms with E-state index in [-0.39, 0.29) is 17.7 Å². The highest BCUT2D eigenvalue weighted by Crippen LogP contribution is 2.29. The number of hydrogen-bond donors (Lipinski definition) is 1. The second-order valence-corrected chi connectivity index (χ2v) is 4.03. The molecule has 0 aliphatic carbocycles. The van der Waals surface area contributed by atoms with Crippen LogP contribution in [0.1, 0.15) is 20.8 Å². The van der Waals surface area contributed by atoms with Crippen molar-refractivity contribution in [3.05, 3.63) is 12.8 Å². The van der Waals surface area contributed by atoms with Gasteiger partial charge in [0, 0.05) is 5.92 Å². The number of rotatable bonds is 2. The van der Waals surface area contributed by atoms with Gasteiger partial charge in [0.2, 0.25) is 0 Å². The average Bonchev–Trinajstić information content (AvgIpc) is 2.06. The van der Waals surface area contributed by atoms with Crippen molar-refractivity contribution in [2.24, 2.45) is 11.7 Å². The smallest absolute Gasteiger partial charge is 0.141 e. The molecule has 13 heavy (non-hydrogen) atoms. The Labute approximate surface area is 79.9 Å². The van der Waals surface area contributed by atoms with Gasteiger partial charge in [0.1, 0.15) is 6.10 Å². The van der Waals surface area contributed by atoms with Gasteiger partial charge in [-0.05, 0) is 13.8 Å². The molecule has 0 amide bonds. The van der Waals surface area contributed by atoms with E-state index >= 15 is 0 Å². The van der Waals surface area contributed by atoms with Crippen molar-refractivity contribution in [2.45, 2.75) is 38.5 Å². The van der Waals surface area contributed by atoms with Crippen LogP contribution in [0.2, 0.25) is 0 Å². The molecular weight excluding hydrogens is 166 g/mol. The predicted molar refractivity (Wildman–Crippen MR) is 52.2 cm³/mol. The molecule has 2 N–H and O–H groups in total. The van der Waals surface area contributed by atoms with Crippen LogP contribution in [-0.2, 0) is 9.47 Å². The molecule has 4 unspecified atom stereocenters. The molecule has 0 saturated carbocycles. The summed E-state index contributed by atoms with van der Waals surface area (Å²) in [5.74, 6) is 0.300. The minimum Gasteiger partial charge on any atom is -0.494 e. The Morgan fingerprint density at radius 1 is 1.62 bits per heavy atom. The molecule has 1 fully saturated rings. The SMILES string of the molecule is C=COC1C(C)OCC(C)C1(C)N. The molecule has 0 bridgehead atoms. The summed E-state index contributed by atoms with van der Waals surface area (Å²) in [7, 11) is 0. The maximum atomic E-state index is 6.19. The van der Waals surface area contributed by atoms with Gasteiger partial charge < -0.3 is 15.2 Å². The van der Waals surface area contributed by atoms with E-state index in [9.17, 15) is 0 Å². The van der Waals surface area contributed by atoms with E-state index in [2.05, 4.69) is 13.5 Å². The number of hydrogen-bond acceptors (Lipinski definition) is 3. The second kappa shape index (κ2) is 3.68. The highest BCUT2D eigenvalue weighted by molar-refractivity contribution is 4.99.